The molecule has 1 saturated heterocycles. The summed E-state index contributed by atoms with van der Waals surface area (Å²) in [7, 11) is 1.71. The number of halogens is 1. The number of hydrogen-bond acceptors (Lipinski definition) is 5. The molecule has 0 aliphatic carbocycles. The molecule has 0 N–H and O–H groups in total. The van der Waals surface area contributed by atoms with Crippen LogP contribution in [0.3, 0.4) is 0 Å². The van der Waals surface area contributed by atoms with E-state index >= 15 is 0 Å². The van der Waals surface area contributed by atoms with Crippen molar-refractivity contribution in [3.63, 3.8) is 0 Å². The Balaban J connectivity index is 1.60. The van der Waals surface area contributed by atoms with Crippen LogP contribution in [-0.4, -0.2) is 42.1 Å². The van der Waals surface area contributed by atoms with Gasteiger partial charge in [0.25, 0.3) is 0 Å². The molecule has 0 bridgehead atoms. The molecular formula is C22H27FN4O. The van der Waals surface area contributed by atoms with Gasteiger partial charge in [0.2, 0.25) is 0 Å². The molecular weight excluding hydrogens is 355 g/mol. The Hall–Kier alpha value is -2.63. The highest BCUT2D eigenvalue weighted by molar-refractivity contribution is 5.82. The molecule has 0 aromatic carbocycles. The molecule has 1 fully saturated rings. The smallest absolute Gasteiger partial charge is 0.141 e. The average Bonchev–Trinajstić information content (AvgIpc) is 2.71. The fraction of sp³-hybridized carbons (Fsp3) is 0.455. The predicted molar refractivity (Wildman–Crippen MR) is 110 cm³/mol. The van der Waals surface area contributed by atoms with Gasteiger partial charge in [-0.2, -0.15) is 0 Å². The topological polar surface area (TPSA) is 58.5 Å². The van der Waals surface area contributed by atoms with E-state index in [-0.39, 0.29) is 23.4 Å². The molecule has 0 saturated carbocycles. The highest BCUT2D eigenvalue weighted by atomic mass is 19.1. The molecule has 5 nitrogen and oxygen atoms in total. The summed E-state index contributed by atoms with van der Waals surface area (Å²) in [4.78, 5) is 27.6. The quantitative estimate of drug-likeness (QED) is 0.680. The molecule has 3 rings (SSSR count). The molecule has 28 heavy (non-hydrogen) atoms. The molecule has 3 heterocycles. The van der Waals surface area contributed by atoms with E-state index < -0.39 is 0 Å². The largest absolute Gasteiger partial charge is 0.357 e. The molecule has 0 radical (unpaired) electrons. The van der Waals surface area contributed by atoms with E-state index in [9.17, 15) is 9.18 Å². The average molecular weight is 382 g/mol. The lowest BCUT2D eigenvalue weighted by atomic mass is 9.84. The summed E-state index contributed by atoms with van der Waals surface area (Å²) in [6, 6.07) is 5.57. The van der Waals surface area contributed by atoms with Crippen LogP contribution in [-0.2, 0) is 4.79 Å². The van der Waals surface area contributed by atoms with Crippen LogP contribution in [0.4, 0.5) is 10.2 Å². The number of carbonyl (C=O) groups is 1. The van der Waals surface area contributed by atoms with E-state index in [0.717, 1.165) is 42.9 Å². The minimum atomic E-state index is -0.373. The molecule has 0 spiro atoms. The van der Waals surface area contributed by atoms with Crippen molar-refractivity contribution in [3.05, 3.63) is 53.7 Å². The van der Waals surface area contributed by atoms with E-state index in [1.165, 1.54) is 12.3 Å². The number of piperidine rings is 1. The van der Waals surface area contributed by atoms with E-state index in [0.29, 0.717) is 12.8 Å². The number of nitrogens with zero attached hydrogens (tertiary/aromatic N) is 4. The van der Waals surface area contributed by atoms with Gasteiger partial charge in [0.05, 0.1) is 6.20 Å². The summed E-state index contributed by atoms with van der Waals surface area (Å²) in [5.74, 6) is 0.803. The van der Waals surface area contributed by atoms with E-state index in [1.54, 1.807) is 19.5 Å². The van der Waals surface area contributed by atoms with Gasteiger partial charge in [-0.1, -0.05) is 6.07 Å². The van der Waals surface area contributed by atoms with Crippen LogP contribution in [0.15, 0.2) is 41.8 Å². The number of rotatable bonds is 7. The first-order valence-electron chi connectivity index (χ1n) is 9.78. The van der Waals surface area contributed by atoms with Crippen molar-refractivity contribution in [3.8, 4) is 0 Å². The molecule has 1 aliphatic rings. The predicted octanol–water partition coefficient (Wildman–Crippen LogP) is 3.97. The Bertz CT molecular complexity index is 814. The van der Waals surface area contributed by atoms with Gasteiger partial charge in [-0.3, -0.25) is 9.78 Å². The van der Waals surface area contributed by atoms with Gasteiger partial charge in [0.1, 0.15) is 17.4 Å². The normalized spacial score (nSPS) is 16.5. The molecule has 148 valence electrons. The lowest BCUT2D eigenvalue weighted by molar-refractivity contribution is -0.123. The second-order valence-electron chi connectivity index (χ2n) is 7.44. The number of aromatic nitrogens is 2. The lowest BCUT2D eigenvalue weighted by Gasteiger charge is -2.32. The molecule has 2 aromatic rings. The summed E-state index contributed by atoms with van der Waals surface area (Å²) in [5.41, 5.74) is 1.90. The zero-order valence-corrected chi connectivity index (χ0v) is 16.5. The number of pyridine rings is 2. The van der Waals surface area contributed by atoms with Crippen molar-refractivity contribution in [2.24, 2.45) is 10.9 Å². The zero-order valence-electron chi connectivity index (χ0n) is 16.5. The molecule has 2 aromatic heterocycles. The Labute approximate surface area is 165 Å². The third-order valence-electron chi connectivity index (χ3n) is 5.39. The maximum Gasteiger partial charge on any atom is 0.141 e. The number of Topliss-reactive ketones (excluding diaryl/α,β-unsaturated/α-hetero) is 1. The first-order valence-corrected chi connectivity index (χ1v) is 9.78. The van der Waals surface area contributed by atoms with Crippen molar-refractivity contribution in [1.29, 1.82) is 0 Å². The van der Waals surface area contributed by atoms with Crippen molar-refractivity contribution >= 4 is 17.8 Å². The second kappa shape index (κ2) is 9.53. The summed E-state index contributed by atoms with van der Waals surface area (Å²) in [6.45, 7) is 3.68. The van der Waals surface area contributed by atoms with Gasteiger partial charge < -0.3 is 9.89 Å². The van der Waals surface area contributed by atoms with Crippen LogP contribution in [0, 0.1) is 18.7 Å². The Morgan fingerprint density at radius 3 is 2.75 bits per heavy atom. The van der Waals surface area contributed by atoms with Gasteiger partial charge in [-0.05, 0) is 61.6 Å². The number of hydrogen-bond donors (Lipinski definition) is 0. The van der Waals surface area contributed by atoms with Gasteiger partial charge in [-0.15, -0.1) is 0 Å². The summed E-state index contributed by atoms with van der Waals surface area (Å²) in [5, 5.41) is 0. The van der Waals surface area contributed by atoms with Crippen LogP contribution in [0.25, 0.3) is 0 Å². The number of anilines is 1. The second-order valence-corrected chi connectivity index (χ2v) is 7.44. The van der Waals surface area contributed by atoms with Crippen molar-refractivity contribution in [1.82, 2.24) is 9.97 Å². The highest BCUT2D eigenvalue weighted by Crippen LogP contribution is 2.29. The van der Waals surface area contributed by atoms with Crippen molar-refractivity contribution in [2.75, 3.05) is 25.0 Å². The van der Waals surface area contributed by atoms with E-state index in [2.05, 4.69) is 25.9 Å². The Morgan fingerprint density at radius 1 is 1.32 bits per heavy atom. The van der Waals surface area contributed by atoms with Crippen molar-refractivity contribution in [2.45, 2.75) is 38.5 Å². The highest BCUT2D eigenvalue weighted by Gasteiger charge is 2.27. The van der Waals surface area contributed by atoms with Gasteiger partial charge >= 0.3 is 0 Å². The molecule has 1 aliphatic heterocycles. The zero-order chi connectivity index (χ0) is 19.9. The molecule has 0 amide bonds. The maximum atomic E-state index is 13.6. The number of carbonyl (C=O) groups excluding carboxylic acids is 1. The first-order chi connectivity index (χ1) is 13.6. The van der Waals surface area contributed by atoms with Crippen LogP contribution in [0.1, 0.15) is 42.7 Å². The Morgan fingerprint density at radius 2 is 2.11 bits per heavy atom. The van der Waals surface area contributed by atoms with E-state index in [1.807, 2.05) is 19.2 Å². The minimum absolute atomic E-state index is 0.0456. The summed E-state index contributed by atoms with van der Waals surface area (Å²) in [6.07, 6.45) is 9.15. The summed E-state index contributed by atoms with van der Waals surface area (Å²) < 4.78 is 13.6. The first kappa shape index (κ1) is 20.1. The molecule has 1 atom stereocenters. The standard InChI is InChI=1S/C22H27FN4O/c1-16-3-4-22(26-13-16)27-9-6-17(7-10-27)21(28)12-18(5-8-24-2)19-11-20(23)15-25-14-19/h3-4,8,11,13-15,17-18H,5-7,9-10,12H2,1-2H3. The molecule has 6 heteroatoms. The number of aryl methyl sites for hydroxylation is 1. The van der Waals surface area contributed by atoms with Crippen LogP contribution in [0.2, 0.25) is 0 Å². The Kier molecular flexibility index (Phi) is 6.85. The molecule has 1 unspecified atom stereocenters. The van der Waals surface area contributed by atoms with Gasteiger partial charge in [0, 0.05) is 44.9 Å². The number of aliphatic imine (C=N–C) groups is 1. The lowest BCUT2D eigenvalue weighted by Crippen LogP contribution is -2.37. The van der Waals surface area contributed by atoms with Crippen molar-refractivity contribution < 1.29 is 9.18 Å². The van der Waals surface area contributed by atoms with Crippen LogP contribution < -0.4 is 4.90 Å². The SMILES string of the molecule is CN=CCC(CC(=O)C1CCN(c2ccc(C)cn2)CC1)c1cncc(F)c1. The van der Waals surface area contributed by atoms with E-state index in [4.69, 9.17) is 0 Å². The number of ketones is 1. The maximum absolute atomic E-state index is 13.6. The van der Waals surface area contributed by atoms with Crippen LogP contribution >= 0.6 is 0 Å². The monoisotopic (exact) mass is 382 g/mol. The van der Waals surface area contributed by atoms with Gasteiger partial charge in [-0.25, -0.2) is 9.37 Å². The minimum Gasteiger partial charge on any atom is -0.357 e. The summed E-state index contributed by atoms with van der Waals surface area (Å²) >= 11 is 0. The third-order valence-corrected chi connectivity index (χ3v) is 5.39. The fourth-order valence-electron chi connectivity index (χ4n) is 3.71. The van der Waals surface area contributed by atoms with Crippen LogP contribution in [0.5, 0.6) is 0 Å². The van der Waals surface area contributed by atoms with Gasteiger partial charge in [0.15, 0.2) is 0 Å². The fourth-order valence-corrected chi connectivity index (χ4v) is 3.71. The third kappa shape index (κ3) is 5.21.